The van der Waals surface area contributed by atoms with E-state index in [1.54, 1.807) is 0 Å². The van der Waals surface area contributed by atoms with E-state index in [1.807, 2.05) is 0 Å². The number of hydrogen-bond acceptors (Lipinski definition) is 3. The van der Waals surface area contributed by atoms with Crippen LogP contribution in [0.3, 0.4) is 0 Å². The molecule has 10 aromatic rings. The van der Waals surface area contributed by atoms with Crippen LogP contribution in [-0.2, 0) is 5.41 Å². The first kappa shape index (κ1) is 36.4. The highest BCUT2D eigenvalue weighted by Gasteiger charge is 2.51. The molecule has 2 aliphatic heterocycles. The Bertz CT molecular complexity index is 3440. The summed E-state index contributed by atoms with van der Waals surface area (Å²) >= 11 is 0. The standard InChI is InChI=1S/C61H41N3/c1-2-20-46(21-3-1)64-57-30-12-9-27-53(57)61(54-28-10-13-31-58(54)64)52-26-8-6-23-49(52)50-37-36-44(39-55(50)61)43-18-14-19-45(38-43)60-62-56-29-11-7-24-51(56)59(63-60)42-34-32-41(33-35-42)48-25-15-17-40-16-4-5-22-47(40)48/h1-39,60,62H. The molecule has 300 valence electrons. The molecular weight excluding hydrogens is 775 g/mol. The number of nitrogens with zero attached hydrogens (tertiary/aromatic N) is 2. The predicted octanol–water partition coefficient (Wildman–Crippen LogP) is 15.3. The van der Waals surface area contributed by atoms with Gasteiger partial charge >= 0.3 is 0 Å². The second-order valence-corrected chi connectivity index (χ2v) is 17.1. The van der Waals surface area contributed by atoms with E-state index in [9.17, 15) is 0 Å². The molecule has 1 spiro atoms. The van der Waals surface area contributed by atoms with Crippen LogP contribution in [0.5, 0.6) is 0 Å². The van der Waals surface area contributed by atoms with E-state index in [2.05, 4.69) is 247 Å². The van der Waals surface area contributed by atoms with Crippen molar-refractivity contribution in [2.45, 2.75) is 11.6 Å². The third-order valence-electron chi connectivity index (χ3n) is 13.7. The summed E-state index contributed by atoms with van der Waals surface area (Å²) in [5.74, 6) is 0. The van der Waals surface area contributed by atoms with Crippen molar-refractivity contribution in [2.75, 3.05) is 10.2 Å². The van der Waals surface area contributed by atoms with Gasteiger partial charge in [0.15, 0.2) is 0 Å². The van der Waals surface area contributed by atoms with Crippen LogP contribution in [0.15, 0.2) is 242 Å². The van der Waals surface area contributed by atoms with Crippen molar-refractivity contribution in [2.24, 2.45) is 4.99 Å². The number of benzene rings is 10. The molecule has 1 aliphatic carbocycles. The lowest BCUT2D eigenvalue weighted by Gasteiger charge is -2.45. The van der Waals surface area contributed by atoms with Gasteiger partial charge in [-0.15, -0.1) is 0 Å². The SMILES string of the molecule is c1ccc(N2c3ccccc3C3(c4ccccc4-c4ccc(-c5cccc(C6N=C(c7ccc(-c8cccc9ccccc89)cc7)c7ccccc7N6)c5)cc43)c3ccccc32)cc1. The first-order chi connectivity index (χ1) is 31.7. The minimum atomic E-state index is -0.519. The van der Waals surface area contributed by atoms with Crippen LogP contribution in [0.4, 0.5) is 22.7 Å². The quantitative estimate of drug-likeness (QED) is 0.187. The van der Waals surface area contributed by atoms with E-state index in [-0.39, 0.29) is 6.17 Å². The molecule has 0 amide bonds. The van der Waals surface area contributed by atoms with Gasteiger partial charge in [-0.3, -0.25) is 4.99 Å². The van der Waals surface area contributed by atoms with E-state index < -0.39 is 5.41 Å². The van der Waals surface area contributed by atoms with Gasteiger partial charge in [0, 0.05) is 22.5 Å². The highest BCUT2D eigenvalue weighted by Crippen LogP contribution is 2.63. The highest BCUT2D eigenvalue weighted by atomic mass is 15.2. The van der Waals surface area contributed by atoms with E-state index in [4.69, 9.17) is 4.99 Å². The first-order valence-electron chi connectivity index (χ1n) is 22.2. The van der Waals surface area contributed by atoms with Crippen LogP contribution in [0.1, 0.15) is 45.1 Å². The molecule has 0 saturated heterocycles. The molecule has 13 rings (SSSR count). The Morgan fingerprint density at radius 3 is 1.78 bits per heavy atom. The lowest BCUT2D eigenvalue weighted by Crippen LogP contribution is -2.36. The minimum Gasteiger partial charge on any atom is -0.360 e. The monoisotopic (exact) mass is 815 g/mol. The maximum Gasteiger partial charge on any atom is 0.145 e. The molecule has 0 bridgehead atoms. The summed E-state index contributed by atoms with van der Waals surface area (Å²) in [6.45, 7) is 0. The zero-order valence-corrected chi connectivity index (χ0v) is 35.0. The number of aliphatic imine (C=N–C) groups is 1. The average Bonchev–Trinajstić information content (AvgIpc) is 3.66. The van der Waals surface area contributed by atoms with Crippen molar-refractivity contribution in [3.05, 3.63) is 276 Å². The van der Waals surface area contributed by atoms with Crippen molar-refractivity contribution in [1.82, 2.24) is 0 Å². The fraction of sp³-hybridized carbons (Fsp3) is 0.0328. The maximum absolute atomic E-state index is 5.49. The summed E-state index contributed by atoms with van der Waals surface area (Å²) in [6, 6.07) is 86.5. The smallest absolute Gasteiger partial charge is 0.145 e. The Morgan fingerprint density at radius 2 is 0.969 bits per heavy atom. The summed E-state index contributed by atoms with van der Waals surface area (Å²) in [6.07, 6.45) is -0.270. The molecule has 10 aromatic carbocycles. The maximum atomic E-state index is 5.49. The summed E-state index contributed by atoms with van der Waals surface area (Å²) in [5, 5.41) is 6.30. The molecule has 1 unspecified atom stereocenters. The summed E-state index contributed by atoms with van der Waals surface area (Å²) in [7, 11) is 0. The second kappa shape index (κ2) is 14.4. The lowest BCUT2D eigenvalue weighted by molar-refractivity contribution is 0.753. The molecular formula is C61H41N3. The second-order valence-electron chi connectivity index (χ2n) is 17.1. The third-order valence-corrected chi connectivity index (χ3v) is 13.7. The zero-order valence-electron chi connectivity index (χ0n) is 35.0. The number of para-hydroxylation sites is 4. The molecule has 0 saturated carbocycles. The molecule has 0 fully saturated rings. The van der Waals surface area contributed by atoms with Crippen LogP contribution in [0.2, 0.25) is 0 Å². The summed E-state index contributed by atoms with van der Waals surface area (Å²) in [4.78, 5) is 7.92. The Hall–Kier alpha value is -8.27. The Kier molecular flexibility index (Phi) is 8.19. The fourth-order valence-corrected chi connectivity index (χ4v) is 10.9. The normalized spacial score (nSPS) is 15.0. The molecule has 64 heavy (non-hydrogen) atoms. The lowest BCUT2D eigenvalue weighted by atomic mass is 9.64. The van der Waals surface area contributed by atoms with Crippen LogP contribution in [0, 0.1) is 0 Å². The molecule has 0 radical (unpaired) electrons. The van der Waals surface area contributed by atoms with Crippen LogP contribution < -0.4 is 10.2 Å². The first-order valence-corrected chi connectivity index (χ1v) is 22.2. The summed E-state index contributed by atoms with van der Waals surface area (Å²) in [5.41, 5.74) is 20.9. The van der Waals surface area contributed by atoms with Crippen LogP contribution >= 0.6 is 0 Å². The molecule has 2 heterocycles. The Morgan fingerprint density at radius 1 is 0.391 bits per heavy atom. The molecule has 3 aliphatic rings. The van der Waals surface area contributed by atoms with Gasteiger partial charge in [-0.2, -0.15) is 0 Å². The number of nitrogens with one attached hydrogen (secondary N) is 1. The highest BCUT2D eigenvalue weighted by molar-refractivity contribution is 6.17. The van der Waals surface area contributed by atoms with E-state index in [1.165, 1.54) is 72.2 Å². The van der Waals surface area contributed by atoms with E-state index >= 15 is 0 Å². The zero-order chi connectivity index (χ0) is 42.2. The van der Waals surface area contributed by atoms with Gasteiger partial charge in [-0.1, -0.05) is 194 Å². The minimum absolute atomic E-state index is 0.270. The predicted molar refractivity (Wildman–Crippen MR) is 265 cm³/mol. The van der Waals surface area contributed by atoms with Crippen LogP contribution in [-0.4, -0.2) is 5.71 Å². The van der Waals surface area contributed by atoms with Gasteiger partial charge in [-0.05, 0) is 114 Å². The van der Waals surface area contributed by atoms with Gasteiger partial charge in [0.05, 0.1) is 22.5 Å². The van der Waals surface area contributed by atoms with Gasteiger partial charge in [-0.25, -0.2) is 0 Å². The molecule has 3 nitrogen and oxygen atoms in total. The Labute approximate surface area is 373 Å². The van der Waals surface area contributed by atoms with Crippen molar-refractivity contribution >= 4 is 39.2 Å². The van der Waals surface area contributed by atoms with Crippen LogP contribution in [0.25, 0.3) is 44.2 Å². The number of hydrogen-bond donors (Lipinski definition) is 1. The van der Waals surface area contributed by atoms with E-state index in [0.29, 0.717) is 0 Å². The average molecular weight is 816 g/mol. The van der Waals surface area contributed by atoms with Gasteiger partial charge in [0.25, 0.3) is 0 Å². The van der Waals surface area contributed by atoms with Gasteiger partial charge in [0.2, 0.25) is 0 Å². The Balaban J connectivity index is 0.924. The number of fused-ring (bicyclic) bond motifs is 11. The molecule has 1 N–H and O–H groups in total. The molecule has 0 aromatic heterocycles. The number of rotatable bonds is 5. The number of anilines is 4. The van der Waals surface area contributed by atoms with E-state index in [0.717, 1.165) is 39.3 Å². The molecule has 1 atom stereocenters. The topological polar surface area (TPSA) is 27.6 Å². The van der Waals surface area contributed by atoms with Gasteiger partial charge < -0.3 is 10.2 Å². The summed E-state index contributed by atoms with van der Waals surface area (Å²) < 4.78 is 0. The van der Waals surface area contributed by atoms with Crippen molar-refractivity contribution in [3.63, 3.8) is 0 Å². The largest absolute Gasteiger partial charge is 0.360 e. The molecule has 3 heteroatoms. The fourth-order valence-electron chi connectivity index (χ4n) is 10.9. The van der Waals surface area contributed by atoms with Crippen molar-refractivity contribution in [3.8, 4) is 33.4 Å². The van der Waals surface area contributed by atoms with Crippen molar-refractivity contribution in [1.29, 1.82) is 0 Å². The van der Waals surface area contributed by atoms with Gasteiger partial charge in [0.1, 0.15) is 6.17 Å². The van der Waals surface area contributed by atoms with Crippen molar-refractivity contribution < 1.29 is 0 Å². The third kappa shape index (κ3) is 5.44.